The number of piperazine rings is 1. The number of carboxylic acids is 1. The number of H-pyrrole nitrogens is 4. The lowest BCUT2D eigenvalue weighted by atomic mass is 9.92. The van der Waals surface area contributed by atoms with Crippen LogP contribution in [0.25, 0.3) is 43.6 Å². The number of carbonyl (C=O) groups excluding carboxylic acids is 12. The minimum Gasteiger partial charge on any atom is -0.481 e. The summed E-state index contributed by atoms with van der Waals surface area (Å²) in [4.78, 5) is 204. The predicted octanol–water partition coefficient (Wildman–Crippen LogP) is 1.96. The highest BCUT2D eigenvalue weighted by Crippen LogP contribution is 2.29. The number of benzene rings is 5. The van der Waals surface area contributed by atoms with E-state index in [4.69, 9.17) is 5.73 Å². The van der Waals surface area contributed by atoms with Crippen LogP contribution in [0.4, 0.5) is 0 Å². The van der Waals surface area contributed by atoms with Crippen molar-refractivity contribution in [2.45, 2.75) is 136 Å². The molecule has 12 atom stereocenters. The number of aromatic nitrogens is 4. The lowest BCUT2D eigenvalue weighted by molar-refractivity contribution is -0.150. The summed E-state index contributed by atoms with van der Waals surface area (Å²) in [6, 6.07) is 20.0. The lowest BCUT2D eigenvalue weighted by Gasteiger charge is -2.41. The van der Waals surface area contributed by atoms with Crippen LogP contribution in [0.15, 0.2) is 146 Å². The maximum atomic E-state index is 15.8. The first-order valence-corrected chi connectivity index (χ1v) is 42.1. The molecular weight excluding hydrogens is 1560 g/mol. The summed E-state index contributed by atoms with van der Waals surface area (Å²) in [6.07, 6.45) is 6.74. The first-order chi connectivity index (χ1) is 56.4. The minimum absolute atomic E-state index is 0.0395. The third-order valence-electron chi connectivity index (χ3n) is 21.2. The third-order valence-corrected chi connectivity index (χ3v) is 24.0. The number of nitrogens with zero attached hydrogens (tertiary/aromatic N) is 2. The zero-order valence-corrected chi connectivity index (χ0v) is 66.6. The molecule has 0 saturated carbocycles. The summed E-state index contributed by atoms with van der Waals surface area (Å²) in [5, 5.41) is 58.4. The van der Waals surface area contributed by atoms with Crippen LogP contribution in [0.3, 0.4) is 0 Å². The van der Waals surface area contributed by atoms with Crippen LogP contribution in [0.1, 0.15) is 66.0 Å². The van der Waals surface area contributed by atoms with Crippen molar-refractivity contribution in [2.24, 2.45) is 11.7 Å². The topological polar surface area (TPSA) is 487 Å². The van der Waals surface area contributed by atoms with Gasteiger partial charge in [-0.05, 0) is 94.8 Å². The number of amides is 12. The van der Waals surface area contributed by atoms with Crippen molar-refractivity contribution in [3.8, 4) is 0 Å². The van der Waals surface area contributed by atoms with E-state index in [1.165, 1.54) is 40.2 Å². The normalized spacial score (nSPS) is 20.6. The Morgan fingerprint density at radius 1 is 0.573 bits per heavy atom. The number of fused-ring (bicyclic) bond motifs is 8. The molecule has 12 amide bonds. The van der Waals surface area contributed by atoms with Crippen LogP contribution in [-0.4, -0.2) is 238 Å². The Bertz CT molecular complexity index is 5180. The SMILES string of the molecule is CSCC[C@H]1C(=O)N[C@H](C(=O)N[C@@H](CO)C(N)=O)CSCc2cccc(c2)CSC[C@H](NC(=O)[C@H](Cc2c[nH]c3ccccc23)NC(=O)[C@H](Cc2c[nH]c3ccccc23)NC(=O)[C@H](CCC(=O)O)NC(=O)[C@H](Cc2c[nH]c3ccccc23)N2CC(=O)NC(Cc3c[nH]c4ccccc34)C2=O)C(=O)N[C@@H](CO)C(=O)NC2CC(C)CN1C2=O. The summed E-state index contributed by atoms with van der Waals surface area (Å²) in [5.41, 5.74) is 12.1. The minimum atomic E-state index is -1.75. The molecule has 2 fully saturated rings. The molecular formula is C82H94N16O16S3. The number of piperidine rings is 1. The van der Waals surface area contributed by atoms with E-state index in [9.17, 15) is 53.7 Å². The molecule has 35 heteroatoms. The number of hydrogen-bond donors (Lipinski definition) is 17. The Hall–Kier alpha value is -11.7. The van der Waals surface area contributed by atoms with E-state index in [2.05, 4.69) is 67.8 Å². The molecule has 18 N–H and O–H groups in total. The van der Waals surface area contributed by atoms with E-state index in [1.54, 1.807) is 92.4 Å². The zero-order chi connectivity index (χ0) is 83.0. The standard InChI is InChI=1S/C82H94N16O16S3/c1-44-26-62-81(113)97(36-44)68(24-25-115-2)79(111)96-67(77(109)93-64(38-99)72(83)104)43-117-41-46-13-11-12-45(27-46)40-116-42-66(78(110)94-65(39-100)76(108)92-62)95-75(107)61(29-48-33-85-56-19-8-4-15-52(48)56)91-74(106)60(28-47-32-84-55-18-7-3-14-51(47)55)90-73(105)59(22-23-71(102)103)89-80(112)69(31-50-35-87-58-21-10-6-17-54(50)58)98-37-70(101)88-63(82(98)114)30-49-34-86-57-20-9-5-16-53(49)57/h3-21,27,32-35,44,59-69,84-87,99-100H,22-26,28-31,36-43H2,1-2H3,(H2,83,104)(H,88,101)(H,89,112)(H,90,105)(H,91,106)(H,92,108)(H,93,109)(H,94,110)(H,95,107)(H,96,111)(H,102,103)/t44?,59-,60-,61-,62?,63?,64-,65-,66-,67-,68-,69-/m0/s1. The molecule has 3 unspecified atom stereocenters. The summed E-state index contributed by atoms with van der Waals surface area (Å²) < 4.78 is 0. The number of para-hydroxylation sites is 4. The third kappa shape index (κ3) is 21.1. The molecule has 32 nitrogen and oxygen atoms in total. The maximum Gasteiger partial charge on any atom is 0.303 e. The molecule has 4 bridgehead atoms. The molecule has 9 aromatic rings. The molecule has 0 radical (unpaired) electrons. The van der Waals surface area contributed by atoms with Crippen molar-refractivity contribution in [3.63, 3.8) is 0 Å². The Kier molecular flexibility index (Phi) is 28.5. The van der Waals surface area contributed by atoms with Gasteiger partial charge in [-0.25, -0.2) is 0 Å². The average molecular weight is 1660 g/mol. The molecule has 616 valence electrons. The second kappa shape index (κ2) is 39.3. The quantitative estimate of drug-likeness (QED) is 0.0333. The highest BCUT2D eigenvalue weighted by Gasteiger charge is 2.45. The fraction of sp³-hybridized carbons (Fsp3) is 0.378. The van der Waals surface area contributed by atoms with Gasteiger partial charge >= 0.3 is 5.97 Å². The predicted molar refractivity (Wildman–Crippen MR) is 442 cm³/mol. The molecule has 3 aliphatic rings. The Morgan fingerprint density at radius 2 is 1.10 bits per heavy atom. The van der Waals surface area contributed by atoms with Gasteiger partial charge in [0.2, 0.25) is 70.9 Å². The molecule has 117 heavy (non-hydrogen) atoms. The summed E-state index contributed by atoms with van der Waals surface area (Å²) in [5.74, 6) is -11.3. The Labute approximate surface area is 684 Å². The summed E-state index contributed by atoms with van der Waals surface area (Å²) in [7, 11) is 0. The highest BCUT2D eigenvalue weighted by atomic mass is 32.2. The van der Waals surface area contributed by atoms with Crippen LogP contribution in [0.2, 0.25) is 0 Å². The fourth-order valence-electron chi connectivity index (χ4n) is 15.1. The summed E-state index contributed by atoms with van der Waals surface area (Å²) >= 11 is 3.85. The van der Waals surface area contributed by atoms with Crippen molar-refractivity contribution in [1.82, 2.24) is 77.6 Å². The largest absolute Gasteiger partial charge is 0.481 e. The smallest absolute Gasteiger partial charge is 0.303 e. The van der Waals surface area contributed by atoms with E-state index < -0.39 is 176 Å². The maximum absolute atomic E-state index is 15.8. The number of hydrogen-bond acceptors (Lipinski definition) is 18. The Morgan fingerprint density at radius 3 is 1.66 bits per heavy atom. The number of aliphatic carboxylic acids is 1. The number of carboxylic acid groups (broad SMARTS) is 1. The number of rotatable bonds is 28. The van der Waals surface area contributed by atoms with Crippen LogP contribution in [0.5, 0.6) is 0 Å². The molecule has 0 aliphatic carbocycles. The van der Waals surface area contributed by atoms with Gasteiger partial charge in [0.1, 0.15) is 73.0 Å². The molecule has 4 aromatic heterocycles. The zero-order valence-electron chi connectivity index (χ0n) is 64.2. The number of carbonyl (C=O) groups is 13. The molecule has 7 heterocycles. The van der Waals surface area contributed by atoms with E-state index in [-0.39, 0.29) is 74.0 Å². The van der Waals surface area contributed by atoms with E-state index in [0.29, 0.717) is 55.2 Å². The van der Waals surface area contributed by atoms with Gasteiger partial charge < -0.3 is 98.6 Å². The van der Waals surface area contributed by atoms with Gasteiger partial charge in [-0.15, -0.1) is 0 Å². The van der Waals surface area contributed by atoms with Crippen LogP contribution in [0, 0.1) is 5.92 Å². The number of thioether (sulfide) groups is 3. The molecule has 2 saturated heterocycles. The van der Waals surface area contributed by atoms with Crippen LogP contribution in [-0.2, 0) is 99.5 Å². The van der Waals surface area contributed by atoms with Crippen molar-refractivity contribution in [2.75, 3.05) is 49.8 Å². The lowest BCUT2D eigenvalue weighted by Crippen LogP contribution is -2.65. The van der Waals surface area contributed by atoms with Gasteiger partial charge in [0.15, 0.2) is 0 Å². The van der Waals surface area contributed by atoms with Crippen molar-refractivity contribution < 1.29 is 77.6 Å². The number of aliphatic hydroxyl groups excluding tert-OH is 2. The molecule has 3 aliphatic heterocycles. The molecule has 12 rings (SSSR count). The number of nitrogens with one attached hydrogen (secondary N) is 13. The average Bonchev–Trinajstić information content (AvgIpc) is 1.71. The van der Waals surface area contributed by atoms with Crippen molar-refractivity contribution in [1.29, 1.82) is 0 Å². The van der Waals surface area contributed by atoms with Crippen LogP contribution >= 0.6 is 35.3 Å². The van der Waals surface area contributed by atoms with Gasteiger partial charge in [-0.1, -0.05) is 104 Å². The monoisotopic (exact) mass is 1650 g/mol. The van der Waals surface area contributed by atoms with E-state index in [1.807, 2.05) is 66.9 Å². The van der Waals surface area contributed by atoms with Crippen molar-refractivity contribution in [3.05, 3.63) is 179 Å². The first-order valence-electron chi connectivity index (χ1n) is 38.4. The fourth-order valence-corrected chi connectivity index (χ4v) is 17.6. The van der Waals surface area contributed by atoms with E-state index in [0.717, 1.165) is 32.5 Å². The second-order valence-corrected chi connectivity index (χ2v) is 32.6. The van der Waals surface area contributed by atoms with Gasteiger partial charge in [-0.3, -0.25) is 62.3 Å². The van der Waals surface area contributed by atoms with E-state index >= 15 is 24.0 Å². The number of aromatic amines is 4. The molecule has 0 spiro atoms. The van der Waals surface area contributed by atoms with Gasteiger partial charge in [0, 0.05) is 130 Å². The van der Waals surface area contributed by atoms with Gasteiger partial charge in [0.25, 0.3) is 0 Å². The second-order valence-electron chi connectivity index (χ2n) is 29.5. The molecule has 5 aromatic carbocycles. The van der Waals surface area contributed by atoms with Crippen LogP contribution < -0.4 is 53.6 Å². The first kappa shape index (κ1) is 84.7. The summed E-state index contributed by atoms with van der Waals surface area (Å²) in [6.45, 7) is -0.537. The number of nitrogens with two attached hydrogens (primary N) is 1. The van der Waals surface area contributed by atoms with Gasteiger partial charge in [0.05, 0.1) is 13.2 Å². The van der Waals surface area contributed by atoms with Gasteiger partial charge in [-0.2, -0.15) is 35.3 Å². The van der Waals surface area contributed by atoms with Crippen molar-refractivity contribution >= 4 is 156 Å². The number of aliphatic hydroxyl groups is 2. The highest BCUT2D eigenvalue weighted by molar-refractivity contribution is 7.99. The number of primary amides is 1. The Balaban J connectivity index is 0.849.